The van der Waals surface area contributed by atoms with E-state index in [0.29, 0.717) is 0 Å². The van der Waals surface area contributed by atoms with Crippen molar-refractivity contribution in [2.24, 2.45) is 11.8 Å². The van der Waals surface area contributed by atoms with Crippen molar-refractivity contribution in [3.05, 3.63) is 72.4 Å². The molecule has 0 N–H and O–H groups in total. The monoisotopic (exact) mass is 606 g/mol. The molecule has 0 spiro atoms. The number of para-hydroxylation sites is 1. The maximum absolute atomic E-state index is 5.70. The summed E-state index contributed by atoms with van der Waals surface area (Å²) in [6.07, 6.45) is 6.43. The van der Waals surface area contributed by atoms with E-state index in [2.05, 4.69) is 102 Å². The summed E-state index contributed by atoms with van der Waals surface area (Å²) < 4.78 is 13.8. The first-order chi connectivity index (χ1) is 22.2. The van der Waals surface area contributed by atoms with Gasteiger partial charge in [-0.3, -0.25) is 4.40 Å². The Morgan fingerprint density at radius 1 is 0.711 bits per heavy atom. The number of ether oxygens (including phenoxy) is 2. The van der Waals surface area contributed by atoms with Gasteiger partial charge < -0.3 is 19.3 Å². The molecule has 1 aliphatic carbocycles. The Morgan fingerprint density at radius 2 is 1.27 bits per heavy atom. The lowest BCUT2D eigenvalue weighted by Crippen LogP contribution is -2.38. The maximum Gasteiger partial charge on any atom is 0.145 e. The van der Waals surface area contributed by atoms with Gasteiger partial charge in [-0.2, -0.15) is 0 Å². The van der Waals surface area contributed by atoms with Crippen LogP contribution >= 0.6 is 0 Å². The highest BCUT2D eigenvalue weighted by Crippen LogP contribution is 2.44. The number of aromatic nitrogens is 2. The summed E-state index contributed by atoms with van der Waals surface area (Å²) in [5.74, 6) is 2.23. The van der Waals surface area contributed by atoms with Gasteiger partial charge in [-0.25, -0.2) is 4.98 Å². The maximum atomic E-state index is 5.70. The van der Waals surface area contributed by atoms with Gasteiger partial charge in [0.1, 0.15) is 5.65 Å². The second-order valence-electron chi connectivity index (χ2n) is 12.3. The second kappa shape index (κ2) is 14.2. The van der Waals surface area contributed by atoms with Crippen LogP contribution in [-0.2, 0) is 9.47 Å². The molecule has 0 amide bonds. The fraction of sp³-hybridized carbons (Fsp3) is 0.462. The second-order valence-corrected chi connectivity index (χ2v) is 12.3. The van der Waals surface area contributed by atoms with E-state index in [-0.39, 0.29) is 0 Å². The molecule has 3 aliphatic rings. The smallest absolute Gasteiger partial charge is 0.145 e. The third kappa shape index (κ3) is 6.15. The van der Waals surface area contributed by atoms with Crippen LogP contribution < -0.4 is 9.80 Å². The summed E-state index contributed by atoms with van der Waals surface area (Å²) in [7, 11) is 0. The molecule has 6 nitrogen and oxygen atoms in total. The van der Waals surface area contributed by atoms with E-state index in [1.54, 1.807) is 0 Å². The lowest BCUT2D eigenvalue weighted by atomic mass is 10.0. The van der Waals surface area contributed by atoms with E-state index >= 15 is 0 Å². The molecule has 2 saturated heterocycles. The Kier molecular flexibility index (Phi) is 9.91. The number of morpholine rings is 2. The molecule has 2 aliphatic heterocycles. The molecule has 238 valence electrons. The van der Waals surface area contributed by atoms with E-state index < -0.39 is 0 Å². The standard InChI is InChI=1S/C30H30N4O2.C7H14.C2H6/c1-21-6-4-8-23-22-7-2-3-9-24(22)34-27(20-31-30(34)28(21)23)29-25(32-12-16-35-17-13-32)10-5-11-26(29)33-14-18-36-19-15-33;1-3-6-5-7(6)4-2;1-2/h2-11,20H,12-19H2,1H3;6-7H,3-5H2,1-2H3;1-2H3. The first kappa shape index (κ1) is 31.4. The zero-order chi connectivity index (χ0) is 31.3. The average molecular weight is 607 g/mol. The van der Waals surface area contributed by atoms with E-state index in [4.69, 9.17) is 14.5 Å². The Labute approximate surface area is 268 Å². The minimum absolute atomic E-state index is 0.751. The number of anilines is 2. The Hall–Kier alpha value is -3.61. The fourth-order valence-electron chi connectivity index (χ4n) is 7.27. The van der Waals surface area contributed by atoms with Gasteiger partial charge in [-0.05, 0) is 54.3 Å². The molecule has 3 fully saturated rings. The fourth-order valence-corrected chi connectivity index (χ4v) is 7.27. The van der Waals surface area contributed by atoms with E-state index in [1.165, 1.54) is 63.4 Å². The highest BCUT2D eigenvalue weighted by Gasteiger charge is 2.32. The molecule has 2 atom stereocenters. The zero-order valence-corrected chi connectivity index (χ0v) is 27.9. The van der Waals surface area contributed by atoms with Gasteiger partial charge in [0, 0.05) is 53.9 Å². The van der Waals surface area contributed by atoms with Crippen molar-refractivity contribution in [2.75, 3.05) is 62.4 Å². The summed E-state index contributed by atoms with van der Waals surface area (Å²) in [6, 6.07) is 22.0. The van der Waals surface area contributed by atoms with Crippen LogP contribution in [0.4, 0.5) is 11.4 Å². The van der Waals surface area contributed by atoms with Crippen LogP contribution in [0, 0.1) is 18.8 Å². The largest absolute Gasteiger partial charge is 0.378 e. The molecule has 3 aromatic carbocycles. The minimum atomic E-state index is 0.751. The normalized spacial score (nSPS) is 19.7. The van der Waals surface area contributed by atoms with Gasteiger partial charge in [-0.1, -0.05) is 83.0 Å². The number of rotatable bonds is 5. The molecular formula is C39H50N4O2. The van der Waals surface area contributed by atoms with Crippen molar-refractivity contribution >= 4 is 38.7 Å². The van der Waals surface area contributed by atoms with Crippen molar-refractivity contribution in [3.63, 3.8) is 0 Å². The Morgan fingerprint density at radius 3 is 1.84 bits per heavy atom. The first-order valence-electron chi connectivity index (χ1n) is 17.3. The van der Waals surface area contributed by atoms with Crippen molar-refractivity contribution in [2.45, 2.75) is 53.9 Å². The summed E-state index contributed by atoms with van der Waals surface area (Å²) in [4.78, 5) is 10.0. The summed E-state index contributed by atoms with van der Waals surface area (Å²) in [6.45, 7) is 17.3. The molecule has 2 unspecified atom stereocenters. The number of imidazole rings is 1. The van der Waals surface area contributed by atoms with Crippen LogP contribution in [0.15, 0.2) is 66.9 Å². The zero-order valence-electron chi connectivity index (χ0n) is 27.9. The molecule has 0 bridgehead atoms. The van der Waals surface area contributed by atoms with Crippen molar-refractivity contribution < 1.29 is 9.47 Å². The van der Waals surface area contributed by atoms with Gasteiger partial charge in [0.25, 0.3) is 0 Å². The summed E-state index contributed by atoms with van der Waals surface area (Å²) >= 11 is 0. The third-order valence-corrected chi connectivity index (χ3v) is 9.79. The van der Waals surface area contributed by atoms with Gasteiger partial charge in [0.2, 0.25) is 0 Å². The molecule has 0 radical (unpaired) electrons. The van der Waals surface area contributed by atoms with E-state index in [9.17, 15) is 0 Å². The van der Waals surface area contributed by atoms with Crippen LogP contribution in [-0.4, -0.2) is 62.0 Å². The molecule has 8 rings (SSSR count). The molecule has 5 aromatic rings. The van der Waals surface area contributed by atoms with Gasteiger partial charge >= 0.3 is 0 Å². The predicted molar refractivity (Wildman–Crippen MR) is 190 cm³/mol. The summed E-state index contributed by atoms with van der Waals surface area (Å²) in [5, 5.41) is 3.73. The van der Waals surface area contributed by atoms with E-state index in [0.717, 1.165) is 75.8 Å². The van der Waals surface area contributed by atoms with Crippen LogP contribution in [0.1, 0.15) is 52.5 Å². The third-order valence-electron chi connectivity index (χ3n) is 9.79. The van der Waals surface area contributed by atoms with Crippen LogP contribution in [0.3, 0.4) is 0 Å². The minimum Gasteiger partial charge on any atom is -0.378 e. The molecular weight excluding hydrogens is 556 g/mol. The average Bonchev–Trinajstić information content (AvgIpc) is 3.77. The van der Waals surface area contributed by atoms with Crippen molar-refractivity contribution in [1.29, 1.82) is 0 Å². The number of aryl methyl sites for hydroxylation is 1. The SMILES string of the molecule is CC.CCC1CC1CC.Cc1cccc2c3ccccc3n3c(-c4c(N5CCOCC5)cccc4N4CCOCC4)cnc3c12. The topological polar surface area (TPSA) is 42.2 Å². The molecule has 45 heavy (non-hydrogen) atoms. The number of fused-ring (bicyclic) bond motifs is 6. The first-order valence-corrected chi connectivity index (χ1v) is 17.3. The predicted octanol–water partition coefficient (Wildman–Crippen LogP) is 8.76. The summed E-state index contributed by atoms with van der Waals surface area (Å²) in [5.41, 5.74) is 8.32. The number of nitrogens with zero attached hydrogens (tertiary/aromatic N) is 4. The number of hydrogen-bond acceptors (Lipinski definition) is 5. The van der Waals surface area contributed by atoms with Gasteiger partial charge in [-0.15, -0.1) is 0 Å². The van der Waals surface area contributed by atoms with Crippen LogP contribution in [0.2, 0.25) is 0 Å². The van der Waals surface area contributed by atoms with Crippen LogP contribution in [0.5, 0.6) is 0 Å². The molecule has 6 heteroatoms. The number of pyridine rings is 1. The Bertz CT molecular complexity index is 1690. The highest BCUT2D eigenvalue weighted by molar-refractivity contribution is 6.13. The van der Waals surface area contributed by atoms with Gasteiger partial charge in [0.05, 0.1) is 43.8 Å². The molecule has 2 aromatic heterocycles. The van der Waals surface area contributed by atoms with E-state index in [1.807, 2.05) is 13.8 Å². The van der Waals surface area contributed by atoms with Crippen molar-refractivity contribution in [3.8, 4) is 11.3 Å². The molecule has 1 saturated carbocycles. The Balaban J connectivity index is 0.000000348. The highest BCUT2D eigenvalue weighted by atomic mass is 16.5. The lowest BCUT2D eigenvalue weighted by molar-refractivity contribution is 0.122. The lowest BCUT2D eigenvalue weighted by Gasteiger charge is -2.35. The van der Waals surface area contributed by atoms with Crippen LogP contribution in [0.25, 0.3) is 38.6 Å². The van der Waals surface area contributed by atoms with Gasteiger partial charge in [0.15, 0.2) is 0 Å². The number of benzene rings is 3. The quantitative estimate of drug-likeness (QED) is 0.187. The number of hydrogen-bond donors (Lipinski definition) is 0. The molecule has 4 heterocycles. The van der Waals surface area contributed by atoms with Crippen molar-refractivity contribution in [1.82, 2.24) is 9.38 Å².